The number of benzene rings is 4. The third kappa shape index (κ3) is 7.49. The number of anilines is 1. The van der Waals surface area contributed by atoms with E-state index in [0.717, 1.165) is 27.4 Å². The van der Waals surface area contributed by atoms with E-state index < -0.39 is 21.3 Å². The van der Waals surface area contributed by atoms with E-state index in [1.165, 1.54) is 43.3 Å². The van der Waals surface area contributed by atoms with Gasteiger partial charge < -0.3 is 19.0 Å². The van der Waals surface area contributed by atoms with Crippen LogP contribution in [-0.2, 0) is 19.7 Å². The summed E-state index contributed by atoms with van der Waals surface area (Å²) in [5.74, 6) is -0.0674. The fourth-order valence-corrected chi connectivity index (χ4v) is 6.96. The third-order valence-electron chi connectivity index (χ3n) is 6.48. The monoisotopic (exact) mass is 710 g/mol. The van der Waals surface area contributed by atoms with Crippen molar-refractivity contribution in [3.8, 4) is 17.2 Å². The Hall–Kier alpha value is -4.33. The molecule has 0 atom stereocenters. The number of imide groups is 1. The van der Waals surface area contributed by atoms with Crippen LogP contribution in [0.4, 0.5) is 10.5 Å². The Labute approximate surface area is 272 Å². The number of halogens is 1. The first-order valence-corrected chi connectivity index (χ1v) is 16.7. The highest BCUT2D eigenvalue weighted by molar-refractivity contribution is 9.10. The molecule has 13 heteroatoms. The van der Waals surface area contributed by atoms with E-state index in [1.807, 2.05) is 42.5 Å². The number of thioether (sulfide) groups is 1. The molecular weight excluding hydrogens is 684 g/mol. The summed E-state index contributed by atoms with van der Waals surface area (Å²) in [5.41, 5.74) is 0.913. The maximum atomic E-state index is 13.2. The number of hydrogen-bond donors (Lipinski definition) is 1. The summed E-state index contributed by atoms with van der Waals surface area (Å²) in [6.07, 6.45) is 1.53. The average Bonchev–Trinajstić information content (AvgIpc) is 3.26. The van der Waals surface area contributed by atoms with Gasteiger partial charge in [-0.3, -0.25) is 19.3 Å². The molecule has 3 amide bonds. The highest BCUT2D eigenvalue weighted by atomic mass is 79.9. The zero-order valence-corrected chi connectivity index (χ0v) is 27.3. The van der Waals surface area contributed by atoms with Crippen LogP contribution < -0.4 is 19.0 Å². The van der Waals surface area contributed by atoms with Crippen LogP contribution >= 0.6 is 27.7 Å². The van der Waals surface area contributed by atoms with Gasteiger partial charge in [0, 0.05) is 18.0 Å². The van der Waals surface area contributed by atoms with Crippen LogP contribution in [0.2, 0.25) is 0 Å². The molecule has 0 bridgehead atoms. The van der Waals surface area contributed by atoms with Crippen LogP contribution in [0.1, 0.15) is 19.4 Å². The number of nitrogens with zero attached hydrogens (tertiary/aromatic N) is 1. The molecule has 1 N–H and O–H groups in total. The van der Waals surface area contributed by atoms with Gasteiger partial charge >= 0.3 is 10.1 Å². The van der Waals surface area contributed by atoms with Gasteiger partial charge in [0.2, 0.25) is 5.91 Å². The van der Waals surface area contributed by atoms with Crippen LogP contribution in [-0.4, -0.2) is 50.1 Å². The summed E-state index contributed by atoms with van der Waals surface area (Å²) < 4.78 is 43.4. The van der Waals surface area contributed by atoms with E-state index in [1.54, 1.807) is 13.0 Å². The molecule has 1 saturated heterocycles. The molecular formula is C32H27BrN2O8S2. The average molecular weight is 712 g/mol. The molecule has 45 heavy (non-hydrogen) atoms. The maximum absolute atomic E-state index is 13.2. The largest absolute Gasteiger partial charge is 0.491 e. The standard InChI is InChI=1S/C32H27BrN2O8S2/c1-3-41-28-18-21(17-26(33)30(28)43-45(39,40)24-13-11-23(12-14-24)34-20(2)36)19-29-31(37)35(32(38)44-29)15-16-42-27-10-6-8-22-7-4-5-9-25(22)27/h4-14,17-19H,3,15-16H2,1-2H3,(H,34,36)/b29-19-. The lowest BCUT2D eigenvalue weighted by Crippen LogP contribution is -2.32. The van der Waals surface area contributed by atoms with E-state index in [2.05, 4.69) is 21.2 Å². The smallest absolute Gasteiger partial charge is 0.339 e. The third-order valence-corrected chi connectivity index (χ3v) is 9.21. The summed E-state index contributed by atoms with van der Waals surface area (Å²) in [7, 11) is -4.28. The Morgan fingerprint density at radius 2 is 1.71 bits per heavy atom. The molecule has 1 heterocycles. The molecule has 10 nitrogen and oxygen atoms in total. The van der Waals surface area contributed by atoms with Crippen molar-refractivity contribution in [2.75, 3.05) is 25.1 Å². The summed E-state index contributed by atoms with van der Waals surface area (Å²) in [6.45, 7) is 3.46. The van der Waals surface area contributed by atoms with E-state index in [9.17, 15) is 22.8 Å². The molecule has 0 aromatic heterocycles. The minimum absolute atomic E-state index is 0.0650. The first-order valence-electron chi connectivity index (χ1n) is 13.7. The van der Waals surface area contributed by atoms with Gasteiger partial charge in [-0.1, -0.05) is 36.4 Å². The predicted molar refractivity (Wildman–Crippen MR) is 176 cm³/mol. The molecule has 0 radical (unpaired) electrons. The minimum Gasteiger partial charge on any atom is -0.491 e. The van der Waals surface area contributed by atoms with Gasteiger partial charge in [-0.05, 0) is 94.1 Å². The molecule has 5 rings (SSSR count). The van der Waals surface area contributed by atoms with Gasteiger partial charge in [0.15, 0.2) is 11.5 Å². The van der Waals surface area contributed by atoms with Crippen molar-refractivity contribution in [2.45, 2.75) is 18.7 Å². The lowest BCUT2D eigenvalue weighted by atomic mass is 10.1. The Morgan fingerprint density at radius 1 is 0.978 bits per heavy atom. The fourth-order valence-electron chi connectivity index (χ4n) is 4.49. The molecule has 0 spiro atoms. The number of ether oxygens (including phenoxy) is 2. The molecule has 4 aromatic rings. The molecule has 1 aliphatic rings. The Bertz CT molecular complexity index is 1920. The molecule has 1 fully saturated rings. The normalized spacial score (nSPS) is 14.2. The fraction of sp³-hybridized carbons (Fsp3) is 0.156. The van der Waals surface area contributed by atoms with Crippen molar-refractivity contribution in [3.05, 3.63) is 93.8 Å². The first-order chi connectivity index (χ1) is 21.6. The number of carbonyl (C=O) groups is 3. The van der Waals surface area contributed by atoms with Crippen LogP contribution in [0.3, 0.4) is 0 Å². The second-order valence-electron chi connectivity index (χ2n) is 9.67. The molecule has 1 aliphatic heterocycles. The minimum atomic E-state index is -4.28. The van der Waals surface area contributed by atoms with Gasteiger partial charge in [0.1, 0.15) is 17.3 Å². The SMILES string of the molecule is CCOc1cc(/C=C2\SC(=O)N(CCOc3cccc4ccccc34)C2=O)cc(Br)c1OS(=O)(=O)c1ccc(NC(C)=O)cc1. The van der Waals surface area contributed by atoms with Crippen molar-refractivity contribution >= 4 is 77.4 Å². The lowest BCUT2D eigenvalue weighted by Gasteiger charge is -2.15. The first kappa shape index (κ1) is 32.1. The van der Waals surface area contributed by atoms with Crippen LogP contribution in [0.5, 0.6) is 17.2 Å². The van der Waals surface area contributed by atoms with E-state index in [4.69, 9.17) is 13.7 Å². The Balaban J connectivity index is 1.31. The van der Waals surface area contributed by atoms with E-state index >= 15 is 0 Å². The number of nitrogens with one attached hydrogen (secondary N) is 1. The Kier molecular flexibility index (Phi) is 9.80. The number of amides is 3. The highest BCUT2D eigenvalue weighted by Gasteiger charge is 2.35. The van der Waals surface area contributed by atoms with Crippen molar-refractivity contribution in [3.63, 3.8) is 0 Å². The molecule has 4 aromatic carbocycles. The highest BCUT2D eigenvalue weighted by Crippen LogP contribution is 2.41. The van der Waals surface area contributed by atoms with Crippen molar-refractivity contribution < 1.29 is 36.5 Å². The molecule has 0 unspecified atom stereocenters. The Morgan fingerprint density at radius 3 is 2.44 bits per heavy atom. The van der Waals surface area contributed by atoms with Gasteiger partial charge in [0.05, 0.1) is 22.5 Å². The second-order valence-corrected chi connectivity index (χ2v) is 13.1. The maximum Gasteiger partial charge on any atom is 0.339 e. The number of carbonyl (C=O) groups excluding carboxylic acids is 3. The number of hydrogen-bond acceptors (Lipinski definition) is 9. The van der Waals surface area contributed by atoms with Crippen LogP contribution in [0, 0.1) is 0 Å². The second kappa shape index (κ2) is 13.8. The molecule has 232 valence electrons. The van der Waals surface area contributed by atoms with Crippen molar-refractivity contribution in [1.82, 2.24) is 4.90 Å². The lowest BCUT2D eigenvalue weighted by molar-refractivity contribution is -0.123. The molecule has 0 aliphatic carbocycles. The molecule has 0 saturated carbocycles. The summed E-state index contributed by atoms with van der Waals surface area (Å²) >= 11 is 4.16. The number of rotatable bonds is 11. The van der Waals surface area contributed by atoms with Crippen LogP contribution in [0.25, 0.3) is 16.8 Å². The van der Waals surface area contributed by atoms with Gasteiger partial charge in [-0.15, -0.1) is 0 Å². The summed E-state index contributed by atoms with van der Waals surface area (Å²) in [5, 5.41) is 4.10. The van der Waals surface area contributed by atoms with Gasteiger partial charge in [0.25, 0.3) is 11.1 Å². The van der Waals surface area contributed by atoms with Crippen molar-refractivity contribution in [2.24, 2.45) is 0 Å². The number of fused-ring (bicyclic) bond motifs is 1. The van der Waals surface area contributed by atoms with Gasteiger partial charge in [-0.25, -0.2) is 0 Å². The topological polar surface area (TPSA) is 128 Å². The van der Waals surface area contributed by atoms with E-state index in [-0.39, 0.29) is 51.4 Å². The summed E-state index contributed by atoms with van der Waals surface area (Å²) in [6, 6.07) is 22.1. The van der Waals surface area contributed by atoms with Gasteiger partial charge in [-0.2, -0.15) is 8.42 Å². The quantitative estimate of drug-likeness (QED) is 0.131. The summed E-state index contributed by atoms with van der Waals surface area (Å²) in [4.78, 5) is 38.3. The zero-order valence-electron chi connectivity index (χ0n) is 24.1. The van der Waals surface area contributed by atoms with Crippen molar-refractivity contribution in [1.29, 1.82) is 0 Å². The zero-order chi connectivity index (χ0) is 32.1. The predicted octanol–water partition coefficient (Wildman–Crippen LogP) is 6.84. The van der Waals surface area contributed by atoms with E-state index in [0.29, 0.717) is 17.0 Å². The van der Waals surface area contributed by atoms with Crippen LogP contribution in [0.15, 0.2) is 93.1 Å².